The molecule has 0 rings (SSSR count). The molecule has 3 N–H and O–H groups in total. The summed E-state index contributed by atoms with van der Waals surface area (Å²) in [5.74, 6) is -0.398. The predicted molar refractivity (Wildman–Crippen MR) is 41.5 cm³/mol. The summed E-state index contributed by atoms with van der Waals surface area (Å²) in [5.41, 5.74) is 4.86. The fourth-order valence-electron chi connectivity index (χ4n) is 0.479. The lowest BCUT2D eigenvalue weighted by atomic mass is 10.4. The summed E-state index contributed by atoms with van der Waals surface area (Å²) in [4.78, 5) is 10.2. The van der Waals surface area contributed by atoms with E-state index in [0.717, 1.165) is 0 Å². The van der Waals surface area contributed by atoms with Crippen molar-refractivity contribution in [2.75, 3.05) is 6.54 Å². The molecule has 0 aliphatic rings. The van der Waals surface area contributed by atoms with Crippen molar-refractivity contribution in [2.24, 2.45) is 5.73 Å². The van der Waals surface area contributed by atoms with Gasteiger partial charge in [-0.25, -0.2) is 0 Å². The molecule has 3 heteroatoms. The lowest BCUT2D eigenvalue weighted by Gasteiger charge is -2.02. The Bertz CT molecular complexity index is 130. The smallest absolute Gasteiger partial charge is 0.241 e. The van der Waals surface area contributed by atoms with E-state index in [1.165, 1.54) is 6.08 Å². The number of hydrogen-bond acceptors (Lipinski definition) is 2. The Morgan fingerprint density at radius 3 is 2.70 bits per heavy atom. The van der Waals surface area contributed by atoms with E-state index >= 15 is 0 Å². The van der Waals surface area contributed by atoms with E-state index in [2.05, 4.69) is 5.32 Å². The lowest BCUT2D eigenvalue weighted by Crippen LogP contribution is -2.22. The van der Waals surface area contributed by atoms with Crippen molar-refractivity contribution < 1.29 is 4.79 Å². The Morgan fingerprint density at radius 2 is 2.30 bits per heavy atom. The zero-order valence-corrected chi connectivity index (χ0v) is 6.42. The second kappa shape index (κ2) is 4.99. The van der Waals surface area contributed by atoms with Crippen molar-refractivity contribution in [3.8, 4) is 0 Å². The molecular formula is C7H14N2O. The highest BCUT2D eigenvalue weighted by atomic mass is 16.1. The largest absolute Gasteiger partial charge is 0.366 e. The van der Waals surface area contributed by atoms with Crippen LogP contribution in [0.4, 0.5) is 0 Å². The quantitative estimate of drug-likeness (QED) is 0.544. The zero-order valence-electron chi connectivity index (χ0n) is 6.42. The Kier molecular flexibility index (Phi) is 4.58. The van der Waals surface area contributed by atoms with E-state index in [-0.39, 0.29) is 0 Å². The SMILES string of the molecule is CC(C)NC/C=C/C(N)=O. The number of carbonyl (C=O) groups is 1. The summed E-state index contributed by atoms with van der Waals surface area (Å²) in [6, 6.07) is 0.442. The van der Waals surface area contributed by atoms with Crippen LogP contribution in [-0.2, 0) is 4.79 Å². The summed E-state index contributed by atoms with van der Waals surface area (Å²) >= 11 is 0. The van der Waals surface area contributed by atoms with Crippen LogP contribution in [0.25, 0.3) is 0 Å². The Balaban J connectivity index is 3.27. The van der Waals surface area contributed by atoms with E-state index in [9.17, 15) is 4.79 Å². The van der Waals surface area contributed by atoms with E-state index in [0.29, 0.717) is 12.6 Å². The fourth-order valence-corrected chi connectivity index (χ4v) is 0.479. The number of primary amides is 1. The molecule has 3 nitrogen and oxygen atoms in total. The fraction of sp³-hybridized carbons (Fsp3) is 0.571. The highest BCUT2D eigenvalue weighted by Crippen LogP contribution is 1.75. The minimum atomic E-state index is -0.398. The first-order valence-electron chi connectivity index (χ1n) is 3.32. The normalized spacial score (nSPS) is 11.1. The third-order valence-corrected chi connectivity index (χ3v) is 0.926. The molecule has 0 saturated heterocycles. The summed E-state index contributed by atoms with van der Waals surface area (Å²) < 4.78 is 0. The summed E-state index contributed by atoms with van der Waals surface area (Å²) in [6.07, 6.45) is 3.07. The molecule has 0 fully saturated rings. The molecule has 0 radical (unpaired) electrons. The number of amides is 1. The number of nitrogens with two attached hydrogens (primary N) is 1. The molecule has 0 aromatic heterocycles. The molecule has 0 heterocycles. The van der Waals surface area contributed by atoms with Gasteiger partial charge >= 0.3 is 0 Å². The van der Waals surface area contributed by atoms with Crippen molar-refractivity contribution in [2.45, 2.75) is 19.9 Å². The van der Waals surface area contributed by atoms with E-state index in [1.54, 1.807) is 6.08 Å². The van der Waals surface area contributed by atoms with Crippen LogP contribution in [0.15, 0.2) is 12.2 Å². The Hall–Kier alpha value is -0.830. The Labute approximate surface area is 61.3 Å². The lowest BCUT2D eigenvalue weighted by molar-refractivity contribution is -0.113. The third kappa shape index (κ3) is 7.17. The maximum atomic E-state index is 10.2. The molecule has 0 unspecified atom stereocenters. The molecule has 58 valence electrons. The van der Waals surface area contributed by atoms with Gasteiger partial charge in [0.05, 0.1) is 0 Å². The van der Waals surface area contributed by atoms with Crippen LogP contribution >= 0.6 is 0 Å². The summed E-state index contributed by atoms with van der Waals surface area (Å²) in [5, 5.41) is 3.11. The standard InChI is InChI=1S/C7H14N2O/c1-6(2)9-5-3-4-7(8)10/h3-4,6,9H,5H2,1-2H3,(H2,8,10)/b4-3+. The topological polar surface area (TPSA) is 55.1 Å². The monoisotopic (exact) mass is 142 g/mol. The van der Waals surface area contributed by atoms with Crippen LogP contribution in [0.5, 0.6) is 0 Å². The van der Waals surface area contributed by atoms with Crippen LogP contribution in [0, 0.1) is 0 Å². The first-order chi connectivity index (χ1) is 4.63. The molecular weight excluding hydrogens is 128 g/mol. The number of rotatable bonds is 4. The van der Waals surface area contributed by atoms with E-state index < -0.39 is 5.91 Å². The molecule has 0 aliphatic heterocycles. The van der Waals surface area contributed by atoms with E-state index in [1.807, 2.05) is 13.8 Å². The van der Waals surface area contributed by atoms with Gasteiger partial charge in [0.2, 0.25) is 5.91 Å². The van der Waals surface area contributed by atoms with Crippen molar-refractivity contribution in [3.63, 3.8) is 0 Å². The summed E-state index contributed by atoms with van der Waals surface area (Å²) in [7, 11) is 0. The van der Waals surface area contributed by atoms with Crippen LogP contribution in [0.3, 0.4) is 0 Å². The Morgan fingerprint density at radius 1 is 1.70 bits per heavy atom. The van der Waals surface area contributed by atoms with Crippen molar-refractivity contribution >= 4 is 5.91 Å². The van der Waals surface area contributed by atoms with E-state index in [4.69, 9.17) is 5.73 Å². The summed E-state index contributed by atoms with van der Waals surface area (Å²) in [6.45, 7) is 4.77. The van der Waals surface area contributed by atoms with Gasteiger partial charge in [-0.15, -0.1) is 0 Å². The highest BCUT2D eigenvalue weighted by Gasteiger charge is 1.86. The van der Waals surface area contributed by atoms with Crippen LogP contribution < -0.4 is 11.1 Å². The second-order valence-electron chi connectivity index (χ2n) is 2.37. The van der Waals surface area contributed by atoms with Gasteiger partial charge in [0.1, 0.15) is 0 Å². The van der Waals surface area contributed by atoms with Crippen LogP contribution in [0.1, 0.15) is 13.8 Å². The van der Waals surface area contributed by atoms with Gasteiger partial charge in [-0.05, 0) is 6.08 Å². The average molecular weight is 142 g/mol. The van der Waals surface area contributed by atoms with Gasteiger partial charge < -0.3 is 11.1 Å². The highest BCUT2D eigenvalue weighted by molar-refractivity contribution is 5.85. The number of carbonyl (C=O) groups excluding carboxylic acids is 1. The zero-order chi connectivity index (χ0) is 7.98. The molecule has 0 aliphatic carbocycles. The molecule has 0 spiro atoms. The second-order valence-corrected chi connectivity index (χ2v) is 2.37. The average Bonchev–Trinajstić information content (AvgIpc) is 1.79. The van der Waals surface area contributed by atoms with Gasteiger partial charge in [-0.2, -0.15) is 0 Å². The van der Waals surface area contributed by atoms with Crippen molar-refractivity contribution in [3.05, 3.63) is 12.2 Å². The molecule has 1 amide bonds. The minimum Gasteiger partial charge on any atom is -0.366 e. The number of hydrogen-bond donors (Lipinski definition) is 2. The molecule has 0 aromatic rings. The first kappa shape index (κ1) is 9.17. The van der Waals surface area contributed by atoms with Crippen LogP contribution in [0.2, 0.25) is 0 Å². The van der Waals surface area contributed by atoms with Gasteiger partial charge in [0.15, 0.2) is 0 Å². The molecule has 0 saturated carbocycles. The van der Waals surface area contributed by atoms with Gasteiger partial charge in [0.25, 0.3) is 0 Å². The van der Waals surface area contributed by atoms with Crippen molar-refractivity contribution in [1.82, 2.24) is 5.32 Å². The molecule has 0 aromatic carbocycles. The van der Waals surface area contributed by atoms with Gasteiger partial charge in [-0.3, -0.25) is 4.79 Å². The van der Waals surface area contributed by atoms with Gasteiger partial charge in [-0.1, -0.05) is 19.9 Å². The molecule has 10 heavy (non-hydrogen) atoms. The predicted octanol–water partition coefficient (Wildman–Crippen LogP) is 0.0259. The maximum Gasteiger partial charge on any atom is 0.241 e. The number of nitrogens with one attached hydrogen (secondary N) is 1. The maximum absolute atomic E-state index is 10.2. The minimum absolute atomic E-state index is 0.398. The molecule has 0 atom stereocenters. The molecule has 0 bridgehead atoms. The van der Waals surface area contributed by atoms with Crippen LogP contribution in [-0.4, -0.2) is 18.5 Å². The third-order valence-electron chi connectivity index (χ3n) is 0.926. The first-order valence-corrected chi connectivity index (χ1v) is 3.32. The van der Waals surface area contributed by atoms with Gasteiger partial charge in [0, 0.05) is 12.6 Å². The van der Waals surface area contributed by atoms with Crippen molar-refractivity contribution in [1.29, 1.82) is 0 Å².